The van der Waals surface area contributed by atoms with Gasteiger partial charge < -0.3 is 9.69 Å². The maximum absolute atomic E-state index is 12.4. The maximum atomic E-state index is 12.4. The second-order valence-electron chi connectivity index (χ2n) is 12.9. The molecule has 47 heavy (non-hydrogen) atoms. The summed E-state index contributed by atoms with van der Waals surface area (Å²) in [7, 11) is 0. The summed E-state index contributed by atoms with van der Waals surface area (Å²) >= 11 is 0. The molecule has 1 atom stereocenters. The Morgan fingerprint density at radius 3 is 2.23 bits per heavy atom. The van der Waals surface area contributed by atoms with E-state index in [4.69, 9.17) is 4.79 Å². The Hall–Kier alpha value is -3.28. The first-order valence-electron chi connectivity index (χ1n) is 17.6. The van der Waals surface area contributed by atoms with E-state index in [2.05, 4.69) is 112 Å². The molecule has 1 aromatic heterocycles. The molecule has 0 amide bonds. The predicted octanol–water partition coefficient (Wildman–Crippen LogP) is 12.4. The molecule has 0 aliphatic carbocycles. The molecule has 1 aliphatic rings. The minimum Gasteiger partial charge on any atom is -0.374 e. The Balaban J connectivity index is 0.00000110. The standard InChI is InChI=1S/C28H37N3.C7H14F2.C4H10.C2H4O/c1-6-7-10-24(26-13-12-25(16-21(2)3)22(4)17-26)11-8-9-23(5)31-15-14-27(20-31)28-18-29-30-19-28;1-4-7(8,9)5-6(2)3;1-3-4-2;1-2-3/h8-13,16-19,27H,6-7,14-15,20H2,1-5H3,(H,29,30);6H,4-5H2,1-3H3;3-4H2,1-2H3;2H,1H3/b11-8-,23-9+,24-10-;;;. The fourth-order valence-electron chi connectivity index (χ4n) is 4.89. The van der Waals surface area contributed by atoms with Crippen molar-refractivity contribution < 1.29 is 13.6 Å². The minimum absolute atomic E-state index is 0.0174. The molecule has 0 spiro atoms. The maximum Gasteiger partial charge on any atom is 0.248 e. The van der Waals surface area contributed by atoms with Gasteiger partial charge in [0.05, 0.1) is 6.20 Å². The first kappa shape index (κ1) is 43.7. The molecule has 2 aromatic rings. The zero-order valence-corrected chi connectivity index (χ0v) is 31.4. The Bertz CT molecular complexity index is 1230. The quantitative estimate of drug-likeness (QED) is 0.183. The number of nitrogens with zero attached hydrogens (tertiary/aromatic N) is 2. The van der Waals surface area contributed by atoms with Gasteiger partial charge in [-0.2, -0.15) is 5.10 Å². The van der Waals surface area contributed by atoms with E-state index in [9.17, 15) is 8.78 Å². The summed E-state index contributed by atoms with van der Waals surface area (Å²) in [6.07, 6.45) is 22.1. The van der Waals surface area contributed by atoms with Crippen molar-refractivity contribution in [1.82, 2.24) is 15.1 Å². The van der Waals surface area contributed by atoms with Gasteiger partial charge in [0.2, 0.25) is 5.92 Å². The fourth-order valence-corrected chi connectivity index (χ4v) is 4.89. The van der Waals surface area contributed by atoms with Crippen LogP contribution in [0.3, 0.4) is 0 Å². The Morgan fingerprint density at radius 1 is 1.11 bits per heavy atom. The first-order chi connectivity index (χ1) is 22.3. The molecule has 0 radical (unpaired) electrons. The van der Waals surface area contributed by atoms with Crippen LogP contribution < -0.4 is 0 Å². The zero-order valence-electron chi connectivity index (χ0n) is 31.4. The van der Waals surface area contributed by atoms with Crippen LogP contribution in [0.4, 0.5) is 8.78 Å². The number of hydrogen-bond donors (Lipinski definition) is 1. The summed E-state index contributed by atoms with van der Waals surface area (Å²) < 4.78 is 24.8. The van der Waals surface area contributed by atoms with Gasteiger partial charge in [0.25, 0.3) is 0 Å². The van der Waals surface area contributed by atoms with Crippen molar-refractivity contribution in [3.05, 3.63) is 88.4 Å². The lowest BCUT2D eigenvalue weighted by atomic mass is 9.97. The number of halogens is 2. The van der Waals surface area contributed by atoms with Crippen LogP contribution in [0.2, 0.25) is 0 Å². The normalized spacial score (nSPS) is 14.9. The first-order valence-corrected chi connectivity index (χ1v) is 17.6. The second kappa shape index (κ2) is 24.8. The number of aromatic amines is 1. The number of likely N-dealkylation sites (tertiary alicyclic amines) is 1. The molecule has 264 valence electrons. The number of alkyl halides is 2. The second-order valence-corrected chi connectivity index (χ2v) is 12.9. The van der Waals surface area contributed by atoms with Gasteiger partial charge in [-0.25, -0.2) is 8.78 Å². The van der Waals surface area contributed by atoms with Crippen LogP contribution in [0.25, 0.3) is 11.6 Å². The van der Waals surface area contributed by atoms with E-state index in [1.807, 2.05) is 26.2 Å². The van der Waals surface area contributed by atoms with Crippen LogP contribution >= 0.6 is 0 Å². The number of carbonyl (C=O) groups excluding carboxylic acids is 1. The molecule has 1 saturated heterocycles. The molecular weight excluding hydrogens is 588 g/mol. The van der Waals surface area contributed by atoms with E-state index in [0.717, 1.165) is 32.2 Å². The van der Waals surface area contributed by atoms with Gasteiger partial charge in [-0.1, -0.05) is 109 Å². The smallest absolute Gasteiger partial charge is 0.248 e. The molecule has 2 heterocycles. The molecular formula is C41H65F2N3O. The SMILES string of the molecule is CC=O.CCC(F)(F)CC(C)C.CCC/C=C(/C=C\C=C(/C)N1CCC(c2cn[nH]c2)C1)c1ccc(C=C(C)C)c(C)c1.CCCC. The summed E-state index contributed by atoms with van der Waals surface area (Å²) in [5.41, 5.74) is 9.20. The van der Waals surface area contributed by atoms with Crippen molar-refractivity contribution in [2.75, 3.05) is 13.1 Å². The molecule has 1 aliphatic heterocycles. The van der Waals surface area contributed by atoms with Gasteiger partial charge in [-0.3, -0.25) is 5.10 Å². The summed E-state index contributed by atoms with van der Waals surface area (Å²) in [6, 6.07) is 6.81. The highest BCUT2D eigenvalue weighted by atomic mass is 19.3. The number of aldehydes is 1. The number of aryl methyl sites for hydroxylation is 1. The summed E-state index contributed by atoms with van der Waals surface area (Å²) in [5, 5.41) is 7.05. The Kier molecular flexibility index (Phi) is 23.1. The van der Waals surface area contributed by atoms with E-state index in [-0.39, 0.29) is 18.8 Å². The van der Waals surface area contributed by atoms with E-state index in [1.165, 1.54) is 72.2 Å². The number of rotatable bonds is 12. The fraction of sp³-hybridized carbons (Fsp3) is 0.561. The number of hydrogen-bond acceptors (Lipinski definition) is 3. The van der Waals surface area contributed by atoms with Crippen molar-refractivity contribution in [2.24, 2.45) is 5.92 Å². The molecule has 6 heteroatoms. The number of nitrogens with one attached hydrogen (secondary N) is 1. The van der Waals surface area contributed by atoms with Crippen LogP contribution in [-0.2, 0) is 4.79 Å². The average molecular weight is 654 g/mol. The van der Waals surface area contributed by atoms with Gasteiger partial charge in [0, 0.05) is 43.7 Å². The van der Waals surface area contributed by atoms with E-state index < -0.39 is 5.92 Å². The minimum atomic E-state index is -2.44. The number of allylic oxidation sites excluding steroid dienone is 7. The summed E-state index contributed by atoms with van der Waals surface area (Å²) in [6.45, 7) is 24.1. The lowest BCUT2D eigenvalue weighted by Crippen LogP contribution is -2.17. The Morgan fingerprint density at radius 2 is 1.77 bits per heavy atom. The average Bonchev–Trinajstić information content (AvgIpc) is 3.73. The van der Waals surface area contributed by atoms with Gasteiger partial charge >= 0.3 is 0 Å². The molecule has 1 fully saturated rings. The summed E-state index contributed by atoms with van der Waals surface area (Å²) in [4.78, 5) is 11.3. The van der Waals surface area contributed by atoms with Gasteiger partial charge in [0.15, 0.2) is 0 Å². The lowest BCUT2D eigenvalue weighted by Gasteiger charge is -2.18. The molecule has 1 unspecified atom stereocenters. The molecule has 1 aromatic carbocycles. The molecule has 3 rings (SSSR count). The van der Waals surface area contributed by atoms with Crippen molar-refractivity contribution in [1.29, 1.82) is 0 Å². The van der Waals surface area contributed by atoms with Crippen molar-refractivity contribution in [3.63, 3.8) is 0 Å². The third-order valence-corrected chi connectivity index (χ3v) is 7.72. The van der Waals surface area contributed by atoms with Gasteiger partial charge in [-0.05, 0) is 87.3 Å². The van der Waals surface area contributed by atoms with Crippen molar-refractivity contribution in [3.8, 4) is 0 Å². The Labute approximate surface area is 286 Å². The number of benzene rings is 1. The van der Waals surface area contributed by atoms with E-state index in [1.54, 1.807) is 0 Å². The van der Waals surface area contributed by atoms with Gasteiger partial charge in [-0.15, -0.1) is 0 Å². The number of H-pyrrole nitrogens is 1. The van der Waals surface area contributed by atoms with Crippen molar-refractivity contribution in [2.45, 2.75) is 133 Å². The molecule has 1 N–H and O–H groups in total. The third kappa shape index (κ3) is 19.2. The number of aromatic nitrogens is 2. The lowest BCUT2D eigenvalue weighted by molar-refractivity contribution is -0.106. The van der Waals surface area contributed by atoms with Crippen LogP contribution in [0.15, 0.2) is 66.2 Å². The highest BCUT2D eigenvalue weighted by Gasteiger charge is 2.26. The highest BCUT2D eigenvalue weighted by Crippen LogP contribution is 2.29. The van der Waals surface area contributed by atoms with Crippen LogP contribution in [0.1, 0.15) is 142 Å². The largest absolute Gasteiger partial charge is 0.374 e. The number of unbranched alkanes of at least 4 members (excludes halogenated alkanes) is 2. The van der Waals surface area contributed by atoms with E-state index in [0.29, 0.717) is 5.92 Å². The van der Waals surface area contributed by atoms with Gasteiger partial charge in [0.1, 0.15) is 6.29 Å². The monoisotopic (exact) mass is 654 g/mol. The zero-order chi connectivity index (χ0) is 35.8. The predicted molar refractivity (Wildman–Crippen MR) is 201 cm³/mol. The van der Waals surface area contributed by atoms with Crippen LogP contribution in [0, 0.1) is 12.8 Å². The topological polar surface area (TPSA) is 49.0 Å². The molecule has 0 saturated carbocycles. The van der Waals surface area contributed by atoms with Crippen molar-refractivity contribution >= 4 is 17.9 Å². The number of carbonyl (C=O) groups is 1. The van der Waals surface area contributed by atoms with E-state index >= 15 is 0 Å². The molecule has 0 bridgehead atoms. The summed E-state index contributed by atoms with van der Waals surface area (Å²) in [5.74, 6) is -1.76. The highest BCUT2D eigenvalue weighted by molar-refractivity contribution is 5.76. The van der Waals surface area contributed by atoms with Crippen LogP contribution in [-0.4, -0.2) is 40.4 Å². The van der Waals surface area contributed by atoms with Crippen LogP contribution in [0.5, 0.6) is 0 Å². The molecule has 4 nitrogen and oxygen atoms in total. The third-order valence-electron chi connectivity index (χ3n) is 7.72.